The van der Waals surface area contributed by atoms with Gasteiger partial charge in [-0.15, -0.1) is 0 Å². The number of ether oxygens (including phenoxy) is 1. The standard InChI is InChI=1S/C16H17N3O5/c1-9-6-10(2)18-16(21)12(9)8-17-15(20)11-4-5-14(24-3)13(7-11)19(22)23/h4-7H,8H2,1-3H3,(H,17,20)(H,18,21). The third kappa shape index (κ3) is 3.60. The minimum absolute atomic E-state index is 0.0279. The second kappa shape index (κ2) is 6.95. The molecule has 2 rings (SSSR count). The van der Waals surface area contributed by atoms with E-state index in [1.165, 1.54) is 19.2 Å². The number of aromatic amines is 1. The fraction of sp³-hybridized carbons (Fsp3) is 0.250. The third-order valence-electron chi connectivity index (χ3n) is 3.56. The SMILES string of the molecule is COc1ccc(C(=O)NCc2c(C)cc(C)[nH]c2=O)cc1[N+](=O)[O-]. The number of hydrogen-bond acceptors (Lipinski definition) is 5. The predicted molar refractivity (Wildman–Crippen MR) is 87.4 cm³/mol. The van der Waals surface area contributed by atoms with E-state index >= 15 is 0 Å². The molecule has 1 aromatic carbocycles. The number of hydrogen-bond donors (Lipinski definition) is 2. The number of methoxy groups -OCH3 is 1. The number of nitrogens with one attached hydrogen (secondary N) is 2. The highest BCUT2D eigenvalue weighted by molar-refractivity contribution is 5.95. The summed E-state index contributed by atoms with van der Waals surface area (Å²) in [6.45, 7) is 3.58. The lowest BCUT2D eigenvalue weighted by Crippen LogP contribution is -2.28. The van der Waals surface area contributed by atoms with Crippen molar-refractivity contribution in [2.24, 2.45) is 0 Å². The maximum absolute atomic E-state index is 12.2. The quantitative estimate of drug-likeness (QED) is 0.641. The summed E-state index contributed by atoms with van der Waals surface area (Å²) in [4.78, 5) is 37.2. The molecular formula is C16H17N3O5. The van der Waals surface area contributed by atoms with E-state index in [0.717, 1.165) is 17.3 Å². The van der Waals surface area contributed by atoms with E-state index in [9.17, 15) is 19.7 Å². The summed E-state index contributed by atoms with van der Waals surface area (Å²) >= 11 is 0. The summed E-state index contributed by atoms with van der Waals surface area (Å²) in [5, 5.41) is 13.6. The summed E-state index contributed by atoms with van der Waals surface area (Å²) in [5.41, 5.74) is 1.49. The Morgan fingerprint density at radius 2 is 2.04 bits per heavy atom. The molecule has 0 radical (unpaired) electrons. The summed E-state index contributed by atoms with van der Waals surface area (Å²) < 4.78 is 4.89. The van der Waals surface area contributed by atoms with Crippen LogP contribution in [0, 0.1) is 24.0 Å². The molecule has 24 heavy (non-hydrogen) atoms. The summed E-state index contributed by atoms with van der Waals surface area (Å²) in [5.74, 6) is -0.442. The van der Waals surface area contributed by atoms with E-state index in [4.69, 9.17) is 4.74 Å². The normalized spacial score (nSPS) is 10.3. The lowest BCUT2D eigenvalue weighted by atomic mass is 10.1. The molecule has 0 saturated carbocycles. The number of carbonyl (C=O) groups excluding carboxylic acids is 1. The van der Waals surface area contributed by atoms with Crippen molar-refractivity contribution in [2.75, 3.05) is 7.11 Å². The van der Waals surface area contributed by atoms with Crippen LogP contribution in [-0.2, 0) is 6.54 Å². The van der Waals surface area contributed by atoms with Gasteiger partial charge in [-0.05, 0) is 37.6 Å². The zero-order valence-corrected chi connectivity index (χ0v) is 13.5. The summed E-state index contributed by atoms with van der Waals surface area (Å²) in [7, 11) is 1.31. The van der Waals surface area contributed by atoms with Gasteiger partial charge in [-0.2, -0.15) is 0 Å². The van der Waals surface area contributed by atoms with E-state index in [0.29, 0.717) is 5.56 Å². The van der Waals surface area contributed by atoms with Crippen molar-refractivity contribution in [2.45, 2.75) is 20.4 Å². The molecule has 1 amide bonds. The van der Waals surface area contributed by atoms with Gasteiger partial charge in [0.15, 0.2) is 5.75 Å². The van der Waals surface area contributed by atoms with Gasteiger partial charge < -0.3 is 15.0 Å². The molecule has 0 saturated heterocycles. The first-order valence-corrected chi connectivity index (χ1v) is 7.13. The number of benzene rings is 1. The molecule has 1 aromatic heterocycles. The number of rotatable bonds is 5. The Morgan fingerprint density at radius 3 is 2.62 bits per heavy atom. The van der Waals surface area contributed by atoms with Crippen LogP contribution in [0.15, 0.2) is 29.1 Å². The van der Waals surface area contributed by atoms with Gasteiger partial charge in [-0.1, -0.05) is 0 Å². The van der Waals surface area contributed by atoms with Crippen LogP contribution in [0.25, 0.3) is 0 Å². The van der Waals surface area contributed by atoms with E-state index in [2.05, 4.69) is 10.3 Å². The van der Waals surface area contributed by atoms with Gasteiger partial charge in [0.05, 0.1) is 12.0 Å². The number of aromatic nitrogens is 1. The van der Waals surface area contributed by atoms with Crippen molar-refractivity contribution >= 4 is 11.6 Å². The minimum atomic E-state index is -0.621. The number of aryl methyl sites for hydroxylation is 2. The highest BCUT2D eigenvalue weighted by atomic mass is 16.6. The molecule has 126 valence electrons. The molecule has 2 aromatic rings. The van der Waals surface area contributed by atoms with E-state index in [-0.39, 0.29) is 29.1 Å². The van der Waals surface area contributed by atoms with Crippen LogP contribution in [0.1, 0.15) is 27.2 Å². The topological polar surface area (TPSA) is 114 Å². The zero-order chi connectivity index (χ0) is 17.9. The van der Waals surface area contributed by atoms with Gasteiger partial charge in [0, 0.05) is 29.4 Å². The molecule has 0 atom stereocenters. The highest BCUT2D eigenvalue weighted by Crippen LogP contribution is 2.27. The molecule has 1 heterocycles. The van der Waals surface area contributed by atoms with Crippen molar-refractivity contribution in [3.63, 3.8) is 0 Å². The van der Waals surface area contributed by atoms with Crippen molar-refractivity contribution in [3.05, 3.63) is 67.1 Å². The zero-order valence-electron chi connectivity index (χ0n) is 13.5. The van der Waals surface area contributed by atoms with Crippen LogP contribution < -0.4 is 15.6 Å². The van der Waals surface area contributed by atoms with Crippen molar-refractivity contribution < 1.29 is 14.5 Å². The number of carbonyl (C=O) groups is 1. The average Bonchev–Trinajstić information content (AvgIpc) is 2.52. The smallest absolute Gasteiger partial charge is 0.311 e. The molecule has 0 spiro atoms. The Balaban J connectivity index is 2.21. The number of H-pyrrole nitrogens is 1. The molecule has 8 heteroatoms. The van der Waals surface area contributed by atoms with Gasteiger partial charge in [-0.3, -0.25) is 19.7 Å². The number of amides is 1. The lowest BCUT2D eigenvalue weighted by molar-refractivity contribution is -0.385. The molecular weight excluding hydrogens is 314 g/mol. The van der Waals surface area contributed by atoms with Crippen LogP contribution in [-0.4, -0.2) is 22.9 Å². The van der Waals surface area contributed by atoms with Crippen molar-refractivity contribution in [1.29, 1.82) is 0 Å². The van der Waals surface area contributed by atoms with Crippen molar-refractivity contribution in [3.8, 4) is 5.75 Å². The van der Waals surface area contributed by atoms with Crippen LogP contribution >= 0.6 is 0 Å². The molecule has 0 fully saturated rings. The van der Waals surface area contributed by atoms with E-state index < -0.39 is 10.8 Å². The maximum atomic E-state index is 12.2. The fourth-order valence-corrected chi connectivity index (χ4v) is 2.35. The van der Waals surface area contributed by atoms with Gasteiger partial charge in [0.1, 0.15) is 0 Å². The first-order valence-electron chi connectivity index (χ1n) is 7.13. The van der Waals surface area contributed by atoms with Gasteiger partial charge in [-0.25, -0.2) is 0 Å². The van der Waals surface area contributed by atoms with Crippen LogP contribution in [0.2, 0.25) is 0 Å². The summed E-state index contributed by atoms with van der Waals surface area (Å²) in [6, 6.07) is 5.73. The number of pyridine rings is 1. The second-order valence-electron chi connectivity index (χ2n) is 5.27. The largest absolute Gasteiger partial charge is 0.490 e. The first kappa shape index (κ1) is 17.2. The third-order valence-corrected chi connectivity index (χ3v) is 3.56. The average molecular weight is 331 g/mol. The Labute approximate surface area is 137 Å². The van der Waals surface area contributed by atoms with Gasteiger partial charge in [0.2, 0.25) is 0 Å². The molecule has 8 nitrogen and oxygen atoms in total. The predicted octanol–water partition coefficient (Wildman–Crippen LogP) is 1.84. The first-order chi connectivity index (χ1) is 11.3. The molecule has 0 aliphatic carbocycles. The Hall–Kier alpha value is -3.16. The van der Waals surface area contributed by atoms with Crippen LogP contribution in [0.4, 0.5) is 5.69 Å². The molecule has 2 N–H and O–H groups in total. The van der Waals surface area contributed by atoms with Crippen molar-refractivity contribution in [1.82, 2.24) is 10.3 Å². The van der Waals surface area contributed by atoms with E-state index in [1.54, 1.807) is 19.9 Å². The molecule has 0 aliphatic rings. The number of nitro benzene ring substituents is 1. The van der Waals surface area contributed by atoms with Gasteiger partial charge in [0.25, 0.3) is 11.5 Å². The van der Waals surface area contributed by atoms with Crippen LogP contribution in [0.3, 0.4) is 0 Å². The number of nitro groups is 1. The Kier molecular flexibility index (Phi) is 4.98. The van der Waals surface area contributed by atoms with Gasteiger partial charge >= 0.3 is 5.69 Å². The number of nitrogens with zero attached hydrogens (tertiary/aromatic N) is 1. The Bertz CT molecular complexity index is 857. The molecule has 0 unspecified atom stereocenters. The minimum Gasteiger partial charge on any atom is -0.490 e. The summed E-state index contributed by atoms with van der Waals surface area (Å²) in [6.07, 6.45) is 0. The van der Waals surface area contributed by atoms with E-state index in [1.807, 2.05) is 0 Å². The monoisotopic (exact) mass is 331 g/mol. The lowest BCUT2D eigenvalue weighted by Gasteiger charge is -2.09. The second-order valence-corrected chi connectivity index (χ2v) is 5.27. The molecule has 0 aliphatic heterocycles. The highest BCUT2D eigenvalue weighted by Gasteiger charge is 2.18. The maximum Gasteiger partial charge on any atom is 0.311 e. The molecule has 0 bridgehead atoms. The Morgan fingerprint density at radius 1 is 1.33 bits per heavy atom. The fourth-order valence-electron chi connectivity index (χ4n) is 2.35. The van der Waals surface area contributed by atoms with Crippen LogP contribution in [0.5, 0.6) is 5.75 Å².